The van der Waals surface area contributed by atoms with Gasteiger partial charge >= 0.3 is 5.97 Å². The number of aromatic nitrogens is 1. The molecular formula is C15H22N2O4. The van der Waals surface area contributed by atoms with Crippen LogP contribution in [-0.2, 0) is 16.5 Å². The second-order valence-corrected chi connectivity index (χ2v) is 5.30. The van der Waals surface area contributed by atoms with Crippen molar-refractivity contribution in [2.24, 2.45) is 7.05 Å². The number of ether oxygens (including phenoxy) is 2. The van der Waals surface area contributed by atoms with Crippen molar-refractivity contribution in [2.75, 3.05) is 40.0 Å². The lowest BCUT2D eigenvalue weighted by atomic mass is 10.1. The number of ketones is 1. The van der Waals surface area contributed by atoms with Gasteiger partial charge in [-0.3, -0.25) is 9.69 Å². The van der Waals surface area contributed by atoms with Crippen LogP contribution in [0, 0.1) is 13.8 Å². The van der Waals surface area contributed by atoms with E-state index in [1.807, 2.05) is 6.92 Å². The van der Waals surface area contributed by atoms with Gasteiger partial charge in [0.25, 0.3) is 0 Å². The summed E-state index contributed by atoms with van der Waals surface area (Å²) in [6, 6.07) is 0. The number of Topliss-reactive ketones (excluding diaryl/α,β-unsaturated/α-hetero) is 1. The Morgan fingerprint density at radius 2 is 1.86 bits per heavy atom. The maximum Gasteiger partial charge on any atom is 0.354 e. The van der Waals surface area contributed by atoms with E-state index in [4.69, 9.17) is 9.47 Å². The van der Waals surface area contributed by atoms with Gasteiger partial charge in [0.1, 0.15) is 5.69 Å². The topological polar surface area (TPSA) is 60.8 Å². The molecule has 1 fully saturated rings. The Morgan fingerprint density at radius 3 is 2.43 bits per heavy atom. The van der Waals surface area contributed by atoms with Gasteiger partial charge < -0.3 is 14.0 Å². The summed E-state index contributed by atoms with van der Waals surface area (Å²) in [5, 5.41) is 0. The number of hydrogen-bond acceptors (Lipinski definition) is 5. The number of carbonyl (C=O) groups excluding carboxylic acids is 2. The number of hydrogen-bond donors (Lipinski definition) is 0. The largest absolute Gasteiger partial charge is 0.464 e. The summed E-state index contributed by atoms with van der Waals surface area (Å²) < 4.78 is 11.8. The summed E-state index contributed by atoms with van der Waals surface area (Å²) in [4.78, 5) is 26.5. The Balaban J connectivity index is 2.26. The first-order valence-electron chi connectivity index (χ1n) is 7.04. The highest BCUT2D eigenvalue weighted by atomic mass is 16.5. The second-order valence-electron chi connectivity index (χ2n) is 5.30. The molecule has 1 aliphatic rings. The van der Waals surface area contributed by atoms with E-state index >= 15 is 0 Å². The molecule has 0 atom stereocenters. The Kier molecular flexibility index (Phi) is 4.80. The van der Waals surface area contributed by atoms with Crippen LogP contribution in [0.3, 0.4) is 0 Å². The first-order valence-corrected chi connectivity index (χ1v) is 7.04. The molecule has 0 amide bonds. The number of carbonyl (C=O) groups is 2. The van der Waals surface area contributed by atoms with Crippen LogP contribution in [0.2, 0.25) is 0 Å². The summed E-state index contributed by atoms with van der Waals surface area (Å²) in [6.07, 6.45) is 0. The molecule has 6 nitrogen and oxygen atoms in total. The van der Waals surface area contributed by atoms with Crippen LogP contribution in [-0.4, -0.2) is 61.2 Å². The lowest BCUT2D eigenvalue weighted by molar-refractivity contribution is 0.0371. The van der Waals surface area contributed by atoms with Gasteiger partial charge in [0, 0.05) is 31.4 Å². The maximum atomic E-state index is 12.6. The fourth-order valence-corrected chi connectivity index (χ4v) is 2.82. The molecule has 2 heterocycles. The zero-order chi connectivity index (χ0) is 15.6. The van der Waals surface area contributed by atoms with Crippen LogP contribution in [0.15, 0.2) is 0 Å². The highest BCUT2D eigenvalue weighted by Crippen LogP contribution is 2.22. The average molecular weight is 294 g/mol. The Bertz CT molecular complexity index is 557. The molecule has 0 aromatic carbocycles. The number of methoxy groups -OCH3 is 1. The van der Waals surface area contributed by atoms with E-state index in [0.29, 0.717) is 36.6 Å². The maximum absolute atomic E-state index is 12.6. The van der Waals surface area contributed by atoms with Crippen LogP contribution < -0.4 is 0 Å². The third kappa shape index (κ3) is 3.01. The van der Waals surface area contributed by atoms with Crippen molar-refractivity contribution >= 4 is 11.8 Å². The second kappa shape index (κ2) is 6.41. The fourth-order valence-electron chi connectivity index (χ4n) is 2.82. The molecule has 1 aromatic rings. The van der Waals surface area contributed by atoms with E-state index in [1.54, 1.807) is 18.5 Å². The molecule has 0 radical (unpaired) electrons. The predicted octanol–water partition coefficient (Wildman–Crippen LogP) is 0.943. The summed E-state index contributed by atoms with van der Waals surface area (Å²) >= 11 is 0. The molecule has 0 saturated carbocycles. The van der Waals surface area contributed by atoms with Crippen LogP contribution in [0.5, 0.6) is 0 Å². The zero-order valence-corrected chi connectivity index (χ0v) is 13.1. The number of rotatable bonds is 4. The molecule has 21 heavy (non-hydrogen) atoms. The minimum atomic E-state index is -0.413. The molecule has 0 aliphatic carbocycles. The molecule has 1 aliphatic heterocycles. The highest BCUT2D eigenvalue weighted by molar-refractivity contribution is 6.03. The number of esters is 1. The van der Waals surface area contributed by atoms with Crippen molar-refractivity contribution in [2.45, 2.75) is 13.8 Å². The average Bonchev–Trinajstić information content (AvgIpc) is 2.69. The lowest BCUT2D eigenvalue weighted by Crippen LogP contribution is -2.39. The van der Waals surface area contributed by atoms with E-state index in [9.17, 15) is 9.59 Å². The third-order valence-corrected chi connectivity index (χ3v) is 4.06. The van der Waals surface area contributed by atoms with Gasteiger partial charge in [-0.05, 0) is 19.4 Å². The van der Waals surface area contributed by atoms with Gasteiger partial charge in [-0.15, -0.1) is 0 Å². The molecule has 0 unspecified atom stereocenters. The van der Waals surface area contributed by atoms with Crippen LogP contribution in [0.4, 0.5) is 0 Å². The quantitative estimate of drug-likeness (QED) is 0.611. The van der Waals surface area contributed by atoms with Crippen molar-refractivity contribution in [3.05, 3.63) is 22.5 Å². The van der Waals surface area contributed by atoms with E-state index in [2.05, 4.69) is 4.90 Å². The molecule has 6 heteroatoms. The molecule has 1 aromatic heterocycles. The molecule has 2 rings (SSSR count). The Morgan fingerprint density at radius 1 is 1.24 bits per heavy atom. The van der Waals surface area contributed by atoms with Crippen LogP contribution in [0.1, 0.15) is 32.1 Å². The smallest absolute Gasteiger partial charge is 0.354 e. The first kappa shape index (κ1) is 15.7. The summed E-state index contributed by atoms with van der Waals surface area (Å²) in [5.41, 5.74) is 2.57. The summed E-state index contributed by atoms with van der Waals surface area (Å²) in [7, 11) is 3.12. The van der Waals surface area contributed by atoms with E-state index in [0.717, 1.165) is 18.8 Å². The molecule has 1 saturated heterocycles. The normalized spacial score (nSPS) is 16.0. The summed E-state index contributed by atoms with van der Waals surface area (Å²) in [5.74, 6) is -0.374. The van der Waals surface area contributed by atoms with Crippen molar-refractivity contribution in [3.63, 3.8) is 0 Å². The fraction of sp³-hybridized carbons (Fsp3) is 0.600. The van der Waals surface area contributed by atoms with Crippen LogP contribution in [0.25, 0.3) is 0 Å². The predicted molar refractivity (Wildman–Crippen MR) is 77.8 cm³/mol. The van der Waals surface area contributed by atoms with Gasteiger partial charge in [-0.25, -0.2) is 4.79 Å². The van der Waals surface area contributed by atoms with Gasteiger partial charge in [-0.1, -0.05) is 0 Å². The number of nitrogens with zero attached hydrogens (tertiary/aromatic N) is 2. The first-order chi connectivity index (χ1) is 9.97. The molecule has 0 bridgehead atoms. The van der Waals surface area contributed by atoms with Crippen molar-refractivity contribution < 1.29 is 19.1 Å². The van der Waals surface area contributed by atoms with Crippen LogP contribution >= 0.6 is 0 Å². The Labute approximate surface area is 124 Å². The minimum Gasteiger partial charge on any atom is -0.464 e. The van der Waals surface area contributed by atoms with Gasteiger partial charge in [0.2, 0.25) is 0 Å². The molecule has 0 spiro atoms. The van der Waals surface area contributed by atoms with Crippen molar-refractivity contribution in [3.8, 4) is 0 Å². The zero-order valence-electron chi connectivity index (χ0n) is 13.1. The lowest BCUT2D eigenvalue weighted by Gasteiger charge is -2.25. The summed E-state index contributed by atoms with van der Waals surface area (Å²) in [6.45, 7) is 6.86. The van der Waals surface area contributed by atoms with E-state index in [1.165, 1.54) is 7.11 Å². The molecule has 116 valence electrons. The molecular weight excluding hydrogens is 272 g/mol. The monoisotopic (exact) mass is 294 g/mol. The standard InChI is InChI=1S/C15H22N2O4/c1-10-13(11(2)16(3)14(10)15(19)20-4)12(18)9-17-5-7-21-8-6-17/h5-9H2,1-4H3. The SMILES string of the molecule is COC(=O)c1c(C)c(C(=O)CN2CCOCC2)c(C)n1C. The van der Waals surface area contributed by atoms with Crippen molar-refractivity contribution in [1.82, 2.24) is 9.47 Å². The third-order valence-electron chi connectivity index (χ3n) is 4.06. The minimum absolute atomic E-state index is 0.0395. The highest BCUT2D eigenvalue weighted by Gasteiger charge is 2.26. The van der Waals surface area contributed by atoms with Gasteiger partial charge in [0.05, 0.1) is 26.9 Å². The van der Waals surface area contributed by atoms with Crippen molar-refractivity contribution in [1.29, 1.82) is 0 Å². The molecule has 0 N–H and O–H groups in total. The van der Waals surface area contributed by atoms with E-state index < -0.39 is 5.97 Å². The number of morpholine rings is 1. The Hall–Kier alpha value is -1.66. The van der Waals surface area contributed by atoms with Gasteiger partial charge in [0.15, 0.2) is 5.78 Å². The van der Waals surface area contributed by atoms with Gasteiger partial charge in [-0.2, -0.15) is 0 Å². The van der Waals surface area contributed by atoms with E-state index in [-0.39, 0.29) is 5.78 Å².